The van der Waals surface area contributed by atoms with E-state index in [0.29, 0.717) is 17.5 Å². The summed E-state index contributed by atoms with van der Waals surface area (Å²) < 4.78 is 8.65. The molecule has 0 saturated heterocycles. The molecule has 0 aliphatic rings. The van der Waals surface area contributed by atoms with Crippen LogP contribution in [0.2, 0.25) is 0 Å². The predicted octanol–water partition coefficient (Wildman–Crippen LogP) is 12.9. The van der Waals surface area contributed by atoms with Crippen LogP contribution < -0.4 is 20.7 Å². The molecule has 0 saturated carbocycles. The number of para-hydroxylation sites is 3. The summed E-state index contributed by atoms with van der Waals surface area (Å²) in [6.45, 7) is 0. The van der Waals surface area contributed by atoms with Gasteiger partial charge in [0.2, 0.25) is 0 Å². The average molecular weight is 899 g/mol. The van der Waals surface area contributed by atoms with Crippen molar-refractivity contribution in [3.63, 3.8) is 0 Å². The first-order valence-corrected chi connectivity index (χ1v) is 25.3. The molecule has 0 spiro atoms. The van der Waals surface area contributed by atoms with Gasteiger partial charge < -0.3 is 8.98 Å². The summed E-state index contributed by atoms with van der Waals surface area (Å²) in [6.07, 6.45) is 0. The van der Waals surface area contributed by atoms with Crippen molar-refractivity contribution in [2.45, 2.75) is 0 Å². The van der Waals surface area contributed by atoms with Crippen LogP contribution in [-0.4, -0.2) is 27.6 Å². The molecular formula is C63H42N4OSi. The Kier molecular flexibility index (Phi) is 9.77. The Balaban J connectivity index is 0.981. The summed E-state index contributed by atoms with van der Waals surface area (Å²) in [7, 11) is -2.85. The quantitative estimate of drug-likeness (QED) is 0.107. The molecule has 0 aliphatic heterocycles. The first-order valence-electron chi connectivity index (χ1n) is 23.3. The van der Waals surface area contributed by atoms with Gasteiger partial charge in [0.1, 0.15) is 11.2 Å². The Morgan fingerprint density at radius 3 is 1.33 bits per heavy atom. The Morgan fingerprint density at radius 1 is 0.290 bits per heavy atom. The molecule has 3 heterocycles. The third-order valence-electron chi connectivity index (χ3n) is 13.6. The minimum atomic E-state index is -2.85. The lowest BCUT2D eigenvalue weighted by molar-refractivity contribution is 0.669. The average Bonchev–Trinajstić information content (AvgIpc) is 3.98. The third-order valence-corrected chi connectivity index (χ3v) is 18.4. The SMILES string of the molecule is c1ccc([Si](c2ccccc2)(c2ccccc2)c2cccc(-c3nc(-c4ccc(-n5c6ccccc6c6ccccc65)cc4)nc(-c4cccc(-c5ccc6c(c5)oc5ccccc56)c4)n3)c2)cc1. The summed E-state index contributed by atoms with van der Waals surface area (Å²) in [4.78, 5) is 16.0. The highest BCUT2D eigenvalue weighted by molar-refractivity contribution is 7.19. The van der Waals surface area contributed by atoms with E-state index >= 15 is 0 Å². The van der Waals surface area contributed by atoms with Gasteiger partial charge in [0, 0.05) is 43.9 Å². The number of fused-ring (bicyclic) bond motifs is 6. The fourth-order valence-corrected chi connectivity index (χ4v) is 15.2. The second-order valence-corrected chi connectivity index (χ2v) is 21.4. The molecule has 3 aromatic heterocycles. The van der Waals surface area contributed by atoms with Crippen LogP contribution in [0.1, 0.15) is 0 Å². The van der Waals surface area contributed by atoms with Crippen LogP contribution in [0.15, 0.2) is 259 Å². The van der Waals surface area contributed by atoms with E-state index in [2.05, 4.69) is 247 Å². The molecule has 324 valence electrons. The zero-order valence-corrected chi connectivity index (χ0v) is 38.4. The standard InChI is InChI=1S/C63H42N4OSi/c1-4-21-49(22-5-1)69(50-23-6-2-7-24-50,51-25-8-3-9-26-51)52-27-17-20-47(41-52)63-65-61(43-34-37-48(38-35-43)67-57-31-13-10-28-53(57)54-29-11-14-32-58(54)67)64-62(66-63)46-19-16-18-44(40-46)45-36-39-56-55-30-12-15-33-59(55)68-60(56)42-45/h1-42H. The van der Waals surface area contributed by atoms with Crippen molar-refractivity contribution in [2.24, 2.45) is 0 Å². The Bertz CT molecular complexity index is 3860. The van der Waals surface area contributed by atoms with Gasteiger partial charge >= 0.3 is 0 Å². The Labute approximate surface area is 400 Å². The molecule has 10 aromatic carbocycles. The van der Waals surface area contributed by atoms with Crippen molar-refractivity contribution in [3.8, 4) is 51.0 Å². The van der Waals surface area contributed by atoms with Crippen molar-refractivity contribution >= 4 is 72.6 Å². The van der Waals surface area contributed by atoms with E-state index in [1.165, 1.54) is 31.5 Å². The predicted molar refractivity (Wildman–Crippen MR) is 287 cm³/mol. The summed E-state index contributed by atoms with van der Waals surface area (Å²) in [5.74, 6) is 1.80. The molecule has 69 heavy (non-hydrogen) atoms. The Hall–Kier alpha value is -8.97. The smallest absolute Gasteiger partial charge is 0.179 e. The van der Waals surface area contributed by atoms with Crippen LogP contribution >= 0.6 is 0 Å². The lowest BCUT2D eigenvalue weighted by Gasteiger charge is -2.34. The number of benzene rings is 10. The number of nitrogens with zero attached hydrogens (tertiary/aromatic N) is 4. The fraction of sp³-hybridized carbons (Fsp3) is 0. The van der Waals surface area contributed by atoms with Crippen LogP contribution in [0.25, 0.3) is 94.7 Å². The van der Waals surface area contributed by atoms with E-state index in [1.807, 2.05) is 12.1 Å². The largest absolute Gasteiger partial charge is 0.456 e. The molecular weight excluding hydrogens is 857 g/mol. The molecule has 0 radical (unpaired) electrons. The van der Waals surface area contributed by atoms with E-state index in [0.717, 1.165) is 66.5 Å². The lowest BCUT2D eigenvalue weighted by Crippen LogP contribution is -2.74. The molecule has 0 N–H and O–H groups in total. The van der Waals surface area contributed by atoms with E-state index in [-0.39, 0.29) is 0 Å². The maximum atomic E-state index is 6.32. The molecule has 0 atom stereocenters. The number of rotatable bonds is 9. The van der Waals surface area contributed by atoms with Crippen molar-refractivity contribution in [1.82, 2.24) is 19.5 Å². The van der Waals surface area contributed by atoms with Gasteiger partial charge in [-0.3, -0.25) is 0 Å². The molecule has 5 nitrogen and oxygen atoms in total. The van der Waals surface area contributed by atoms with Crippen LogP contribution in [0.3, 0.4) is 0 Å². The molecule has 0 fully saturated rings. The van der Waals surface area contributed by atoms with Gasteiger partial charge in [-0.25, -0.2) is 15.0 Å². The maximum Gasteiger partial charge on any atom is 0.179 e. The highest BCUT2D eigenvalue weighted by atomic mass is 28.3. The lowest BCUT2D eigenvalue weighted by atomic mass is 10.0. The van der Waals surface area contributed by atoms with E-state index < -0.39 is 8.07 Å². The maximum absolute atomic E-state index is 6.32. The van der Waals surface area contributed by atoms with Gasteiger partial charge in [-0.1, -0.05) is 194 Å². The number of hydrogen-bond donors (Lipinski definition) is 0. The minimum absolute atomic E-state index is 0.594. The number of aromatic nitrogens is 4. The highest BCUT2D eigenvalue weighted by Crippen LogP contribution is 2.35. The highest BCUT2D eigenvalue weighted by Gasteiger charge is 2.41. The van der Waals surface area contributed by atoms with Gasteiger partial charge in [-0.15, -0.1) is 0 Å². The third kappa shape index (κ3) is 6.88. The van der Waals surface area contributed by atoms with Crippen molar-refractivity contribution in [1.29, 1.82) is 0 Å². The molecule has 13 rings (SSSR count). The summed E-state index contributed by atoms with van der Waals surface area (Å²) in [5.41, 5.74) is 9.93. The zero-order valence-electron chi connectivity index (χ0n) is 37.4. The van der Waals surface area contributed by atoms with Crippen molar-refractivity contribution < 1.29 is 4.42 Å². The van der Waals surface area contributed by atoms with Gasteiger partial charge in [0.25, 0.3) is 0 Å². The fourth-order valence-electron chi connectivity index (χ4n) is 10.4. The number of hydrogen-bond acceptors (Lipinski definition) is 4. The zero-order chi connectivity index (χ0) is 45.7. The van der Waals surface area contributed by atoms with Crippen LogP contribution in [0.5, 0.6) is 0 Å². The minimum Gasteiger partial charge on any atom is -0.456 e. The van der Waals surface area contributed by atoms with Crippen LogP contribution in [0, 0.1) is 0 Å². The molecule has 13 aromatic rings. The Morgan fingerprint density at radius 2 is 0.725 bits per heavy atom. The second-order valence-electron chi connectivity index (χ2n) is 17.5. The normalized spacial score (nSPS) is 11.8. The first-order chi connectivity index (χ1) is 34.2. The van der Waals surface area contributed by atoms with Gasteiger partial charge in [-0.2, -0.15) is 0 Å². The van der Waals surface area contributed by atoms with E-state index in [9.17, 15) is 0 Å². The number of furan rings is 1. The van der Waals surface area contributed by atoms with Gasteiger partial charge in [0.15, 0.2) is 25.5 Å². The molecule has 6 heteroatoms. The van der Waals surface area contributed by atoms with Crippen molar-refractivity contribution in [2.75, 3.05) is 0 Å². The molecule has 0 aliphatic carbocycles. The summed E-state index contributed by atoms with van der Waals surface area (Å²) in [5, 5.41) is 9.82. The van der Waals surface area contributed by atoms with Crippen molar-refractivity contribution in [3.05, 3.63) is 255 Å². The summed E-state index contributed by atoms with van der Waals surface area (Å²) in [6, 6.07) is 90.9. The van der Waals surface area contributed by atoms with Gasteiger partial charge in [0.05, 0.1) is 11.0 Å². The molecule has 0 unspecified atom stereocenters. The monoisotopic (exact) mass is 898 g/mol. The van der Waals surface area contributed by atoms with E-state index in [1.54, 1.807) is 0 Å². The summed E-state index contributed by atoms with van der Waals surface area (Å²) >= 11 is 0. The molecule has 0 amide bonds. The topological polar surface area (TPSA) is 56.7 Å². The second kappa shape index (κ2) is 16.7. The van der Waals surface area contributed by atoms with Crippen LogP contribution in [-0.2, 0) is 0 Å². The molecule has 0 bridgehead atoms. The van der Waals surface area contributed by atoms with Gasteiger partial charge in [-0.05, 0) is 92.5 Å². The van der Waals surface area contributed by atoms with E-state index in [4.69, 9.17) is 19.4 Å². The van der Waals surface area contributed by atoms with Crippen LogP contribution in [0.4, 0.5) is 0 Å². The first kappa shape index (κ1) is 40.3.